The second-order valence-corrected chi connectivity index (χ2v) is 6.94. The largest absolute Gasteiger partial charge is 0.292 e. The van der Waals surface area contributed by atoms with Gasteiger partial charge >= 0.3 is 0 Å². The van der Waals surface area contributed by atoms with Crippen molar-refractivity contribution in [2.75, 3.05) is 5.32 Å². The highest BCUT2D eigenvalue weighted by Crippen LogP contribution is 2.48. The second-order valence-electron chi connectivity index (χ2n) is 6.94. The molecule has 1 amide bonds. The van der Waals surface area contributed by atoms with Gasteiger partial charge < -0.3 is 0 Å². The molecule has 0 aliphatic heterocycles. The number of amides is 1. The van der Waals surface area contributed by atoms with Gasteiger partial charge in [-0.1, -0.05) is 30.3 Å². The Labute approximate surface area is 155 Å². The van der Waals surface area contributed by atoms with E-state index in [0.717, 1.165) is 29.7 Å². The number of carbonyl (C=O) groups excluding carboxylic acids is 1. The van der Waals surface area contributed by atoms with Gasteiger partial charge in [-0.3, -0.25) is 10.1 Å². The number of hydrogen-bond donors (Lipinski definition) is 1. The lowest BCUT2D eigenvalue weighted by molar-refractivity contribution is -0.118. The maximum Gasteiger partial charge on any atom is 0.249 e. The van der Waals surface area contributed by atoms with Gasteiger partial charge in [0.15, 0.2) is 5.65 Å². The lowest BCUT2D eigenvalue weighted by Crippen LogP contribution is -2.28. The van der Waals surface area contributed by atoms with Crippen LogP contribution in [-0.4, -0.2) is 30.3 Å². The van der Waals surface area contributed by atoms with Crippen LogP contribution in [0.15, 0.2) is 61.1 Å². The summed E-state index contributed by atoms with van der Waals surface area (Å²) in [4.78, 5) is 17.4. The van der Waals surface area contributed by atoms with Gasteiger partial charge in [0.25, 0.3) is 0 Å². The minimum absolute atomic E-state index is 0.0467. The summed E-state index contributed by atoms with van der Waals surface area (Å²) in [6.07, 6.45) is 7.14. The molecule has 134 valence electrons. The molecule has 1 aromatic carbocycles. The quantitative estimate of drug-likeness (QED) is 0.608. The van der Waals surface area contributed by atoms with E-state index >= 15 is 0 Å². The van der Waals surface area contributed by atoms with Gasteiger partial charge in [-0.15, -0.1) is 5.10 Å². The van der Waals surface area contributed by atoms with Crippen molar-refractivity contribution >= 4 is 17.5 Å². The molecule has 1 N–H and O–H groups in total. The summed E-state index contributed by atoms with van der Waals surface area (Å²) < 4.78 is 3.45. The van der Waals surface area contributed by atoms with Crippen molar-refractivity contribution in [3.63, 3.8) is 0 Å². The van der Waals surface area contributed by atoms with E-state index in [0.29, 0.717) is 11.6 Å². The molecule has 0 unspecified atom stereocenters. The number of carbonyl (C=O) groups is 1. The third kappa shape index (κ3) is 2.59. The van der Waals surface area contributed by atoms with E-state index in [1.54, 1.807) is 15.4 Å². The number of hydrogen-bond acceptors (Lipinski definition) is 4. The van der Waals surface area contributed by atoms with Crippen molar-refractivity contribution in [2.24, 2.45) is 0 Å². The zero-order valence-electron chi connectivity index (χ0n) is 14.8. The van der Waals surface area contributed by atoms with Gasteiger partial charge in [0.1, 0.15) is 0 Å². The lowest BCUT2D eigenvalue weighted by Gasteiger charge is -2.13. The van der Waals surface area contributed by atoms with E-state index in [4.69, 9.17) is 0 Å². The van der Waals surface area contributed by atoms with Crippen LogP contribution in [-0.2, 0) is 10.2 Å². The van der Waals surface area contributed by atoms with Gasteiger partial charge in [0.05, 0.1) is 17.3 Å². The van der Waals surface area contributed by atoms with E-state index in [1.807, 2.05) is 61.8 Å². The molecule has 1 aliphatic rings. The normalized spacial score (nSPS) is 15.0. The van der Waals surface area contributed by atoms with Gasteiger partial charge in [-0.05, 0) is 43.0 Å². The summed E-state index contributed by atoms with van der Waals surface area (Å²) >= 11 is 0. The fourth-order valence-corrected chi connectivity index (χ4v) is 3.48. The van der Waals surface area contributed by atoms with Crippen LogP contribution in [0.4, 0.5) is 5.95 Å². The fourth-order valence-electron chi connectivity index (χ4n) is 3.48. The summed E-state index contributed by atoms with van der Waals surface area (Å²) in [5, 5.41) is 11.6. The zero-order chi connectivity index (χ0) is 18.4. The minimum Gasteiger partial charge on any atom is -0.292 e. The molecular weight excluding hydrogens is 340 g/mol. The molecule has 0 saturated heterocycles. The molecule has 1 fully saturated rings. The van der Waals surface area contributed by atoms with Crippen molar-refractivity contribution in [3.8, 4) is 5.69 Å². The maximum absolute atomic E-state index is 12.9. The average Bonchev–Trinajstić information content (AvgIpc) is 3.11. The Morgan fingerprint density at radius 2 is 2.00 bits per heavy atom. The lowest BCUT2D eigenvalue weighted by atomic mass is 9.95. The maximum atomic E-state index is 12.9. The van der Waals surface area contributed by atoms with Crippen LogP contribution in [0, 0.1) is 6.92 Å². The van der Waals surface area contributed by atoms with Gasteiger partial charge in [-0.2, -0.15) is 10.1 Å². The van der Waals surface area contributed by atoms with E-state index in [2.05, 4.69) is 20.5 Å². The molecule has 0 atom stereocenters. The first-order valence-electron chi connectivity index (χ1n) is 8.90. The Kier molecular flexibility index (Phi) is 3.36. The SMILES string of the molecule is Cc1cc(-n2cccn2)cn2nc(NC(=O)C3(c4ccccc4)CC3)nc12. The average molecular weight is 358 g/mol. The van der Waals surface area contributed by atoms with Crippen molar-refractivity contribution in [1.29, 1.82) is 0 Å². The Balaban J connectivity index is 1.46. The number of aryl methyl sites for hydroxylation is 1. The van der Waals surface area contributed by atoms with E-state index < -0.39 is 5.41 Å². The monoisotopic (exact) mass is 358 g/mol. The number of nitrogens with zero attached hydrogens (tertiary/aromatic N) is 5. The van der Waals surface area contributed by atoms with Gasteiger partial charge in [-0.25, -0.2) is 9.20 Å². The van der Waals surface area contributed by atoms with Crippen LogP contribution >= 0.6 is 0 Å². The molecule has 1 saturated carbocycles. The Morgan fingerprint density at radius 1 is 1.19 bits per heavy atom. The minimum atomic E-state index is -0.450. The first kappa shape index (κ1) is 15.7. The third-order valence-corrected chi connectivity index (χ3v) is 5.11. The van der Waals surface area contributed by atoms with Crippen LogP contribution in [0.1, 0.15) is 24.0 Å². The van der Waals surface area contributed by atoms with Gasteiger partial charge in [0.2, 0.25) is 11.9 Å². The molecule has 0 radical (unpaired) electrons. The highest BCUT2D eigenvalue weighted by Gasteiger charge is 2.51. The summed E-state index contributed by atoms with van der Waals surface area (Å²) in [6.45, 7) is 1.97. The summed E-state index contributed by atoms with van der Waals surface area (Å²) in [6, 6.07) is 13.8. The molecule has 5 rings (SSSR count). The number of rotatable bonds is 4. The predicted molar refractivity (Wildman–Crippen MR) is 101 cm³/mol. The summed E-state index contributed by atoms with van der Waals surface area (Å²) in [5.74, 6) is 0.275. The number of nitrogens with one attached hydrogen (secondary N) is 1. The van der Waals surface area contributed by atoms with E-state index in [9.17, 15) is 4.79 Å². The first-order valence-corrected chi connectivity index (χ1v) is 8.90. The summed E-state index contributed by atoms with van der Waals surface area (Å²) in [5.41, 5.74) is 3.15. The fraction of sp³-hybridized carbons (Fsp3) is 0.200. The van der Waals surface area contributed by atoms with Crippen molar-refractivity contribution in [2.45, 2.75) is 25.2 Å². The van der Waals surface area contributed by atoms with Crippen molar-refractivity contribution in [1.82, 2.24) is 24.4 Å². The van der Waals surface area contributed by atoms with Crippen LogP contribution in [0.5, 0.6) is 0 Å². The molecular formula is C20H18N6O. The molecule has 4 aromatic rings. The van der Waals surface area contributed by atoms with Crippen LogP contribution in [0.2, 0.25) is 0 Å². The number of benzene rings is 1. The summed E-state index contributed by atoms with van der Waals surface area (Å²) in [7, 11) is 0. The number of pyridine rings is 1. The molecule has 7 nitrogen and oxygen atoms in total. The molecule has 3 heterocycles. The smallest absolute Gasteiger partial charge is 0.249 e. The topological polar surface area (TPSA) is 77.1 Å². The number of aromatic nitrogens is 5. The second kappa shape index (κ2) is 5.77. The van der Waals surface area contributed by atoms with E-state index in [-0.39, 0.29) is 5.91 Å². The highest BCUT2D eigenvalue weighted by atomic mass is 16.2. The van der Waals surface area contributed by atoms with Crippen molar-refractivity contribution < 1.29 is 4.79 Å². The molecule has 27 heavy (non-hydrogen) atoms. The van der Waals surface area contributed by atoms with Crippen molar-refractivity contribution in [3.05, 3.63) is 72.2 Å². The third-order valence-electron chi connectivity index (χ3n) is 5.11. The molecule has 7 heteroatoms. The Morgan fingerprint density at radius 3 is 2.70 bits per heavy atom. The van der Waals surface area contributed by atoms with Crippen LogP contribution in [0.25, 0.3) is 11.3 Å². The highest BCUT2D eigenvalue weighted by molar-refractivity contribution is 6.00. The molecule has 1 aliphatic carbocycles. The molecule has 0 bridgehead atoms. The Bertz CT molecular complexity index is 1130. The van der Waals surface area contributed by atoms with Gasteiger partial charge in [0, 0.05) is 12.4 Å². The van der Waals surface area contributed by atoms with E-state index in [1.165, 1.54) is 0 Å². The van der Waals surface area contributed by atoms with Crippen LogP contribution < -0.4 is 5.32 Å². The predicted octanol–water partition coefficient (Wildman–Crippen LogP) is 2.89. The number of anilines is 1. The zero-order valence-corrected chi connectivity index (χ0v) is 14.8. The molecule has 3 aromatic heterocycles. The molecule has 0 spiro atoms. The number of fused-ring (bicyclic) bond motifs is 1. The van der Waals surface area contributed by atoms with Crippen LogP contribution in [0.3, 0.4) is 0 Å². The first-order chi connectivity index (χ1) is 13.2. The standard InChI is InChI=1S/C20H18N6O/c1-14-12-16(25-11-5-10-21-25)13-26-17(14)22-19(24-26)23-18(27)20(8-9-20)15-6-3-2-4-7-15/h2-7,10-13H,8-9H2,1H3,(H,23,24,27). The Hall–Kier alpha value is -3.48.